The molecule has 0 aliphatic rings. The van der Waals surface area contributed by atoms with Crippen molar-refractivity contribution in [2.75, 3.05) is 26.8 Å². The van der Waals surface area contributed by atoms with E-state index < -0.39 is 0 Å². The first kappa shape index (κ1) is 17.7. The fraction of sp³-hybridized carbons (Fsp3) is 0.647. The number of methoxy groups -OCH3 is 1. The van der Waals surface area contributed by atoms with Crippen LogP contribution in [0.25, 0.3) is 0 Å². The van der Waals surface area contributed by atoms with E-state index in [1.54, 1.807) is 7.11 Å². The highest BCUT2D eigenvalue weighted by atomic mass is 79.9. The van der Waals surface area contributed by atoms with Crippen LogP contribution in [-0.4, -0.2) is 26.8 Å². The average molecular weight is 342 g/mol. The number of unbranched alkanes of at least 4 members (excludes halogenated alkanes) is 1. The number of ether oxygens (including phenoxy) is 1. The van der Waals surface area contributed by atoms with Gasteiger partial charge in [0.25, 0.3) is 0 Å². The van der Waals surface area contributed by atoms with Gasteiger partial charge < -0.3 is 10.1 Å². The molecule has 0 aliphatic heterocycles. The van der Waals surface area contributed by atoms with E-state index in [1.165, 1.54) is 29.3 Å². The van der Waals surface area contributed by atoms with Crippen molar-refractivity contribution in [3.63, 3.8) is 0 Å². The van der Waals surface area contributed by atoms with Crippen LogP contribution >= 0.6 is 15.9 Å². The summed E-state index contributed by atoms with van der Waals surface area (Å²) >= 11 is 3.66. The predicted molar refractivity (Wildman–Crippen MR) is 90.2 cm³/mol. The third kappa shape index (κ3) is 7.41. The van der Waals surface area contributed by atoms with Gasteiger partial charge in [0.05, 0.1) is 0 Å². The van der Waals surface area contributed by atoms with E-state index in [-0.39, 0.29) is 0 Å². The van der Waals surface area contributed by atoms with E-state index in [1.807, 2.05) is 0 Å². The van der Waals surface area contributed by atoms with E-state index in [9.17, 15) is 0 Å². The molecule has 2 nitrogen and oxygen atoms in total. The molecule has 0 heterocycles. The highest BCUT2D eigenvalue weighted by Crippen LogP contribution is 2.22. The second-order valence-electron chi connectivity index (χ2n) is 5.35. The van der Waals surface area contributed by atoms with Crippen LogP contribution in [0.2, 0.25) is 0 Å². The summed E-state index contributed by atoms with van der Waals surface area (Å²) in [7, 11) is 1.78. The van der Waals surface area contributed by atoms with Crippen LogP contribution in [0.1, 0.15) is 38.2 Å². The molecule has 0 aromatic heterocycles. The van der Waals surface area contributed by atoms with Crippen LogP contribution in [0.4, 0.5) is 0 Å². The van der Waals surface area contributed by atoms with Crippen molar-refractivity contribution >= 4 is 15.9 Å². The SMILES string of the molecule is CCCNCC(CCCCOC)Cc1ccccc1Br. The number of hydrogen-bond donors (Lipinski definition) is 1. The monoisotopic (exact) mass is 341 g/mol. The Labute approximate surface area is 132 Å². The van der Waals surface area contributed by atoms with Gasteiger partial charge in [0.1, 0.15) is 0 Å². The van der Waals surface area contributed by atoms with Crippen LogP contribution in [0.15, 0.2) is 28.7 Å². The van der Waals surface area contributed by atoms with Gasteiger partial charge in [-0.2, -0.15) is 0 Å². The predicted octanol–water partition coefficient (Wildman–Crippen LogP) is 4.42. The number of benzene rings is 1. The van der Waals surface area contributed by atoms with Gasteiger partial charge in [-0.15, -0.1) is 0 Å². The van der Waals surface area contributed by atoms with Crippen molar-refractivity contribution in [1.29, 1.82) is 0 Å². The summed E-state index contributed by atoms with van der Waals surface area (Å²) < 4.78 is 6.37. The molecule has 0 fully saturated rings. The maximum atomic E-state index is 5.14. The van der Waals surface area contributed by atoms with Gasteiger partial charge in [-0.05, 0) is 56.3 Å². The van der Waals surface area contributed by atoms with Crippen molar-refractivity contribution in [2.45, 2.75) is 39.0 Å². The van der Waals surface area contributed by atoms with Gasteiger partial charge in [0.15, 0.2) is 0 Å². The standard InChI is InChI=1S/C17H28BrNO/c1-3-11-19-14-15(8-6-7-12-20-2)13-16-9-4-5-10-17(16)18/h4-5,9-10,15,19H,3,6-8,11-14H2,1-2H3. The first-order valence-corrected chi connectivity index (χ1v) is 8.50. The summed E-state index contributed by atoms with van der Waals surface area (Å²) in [6.07, 6.45) is 6.02. The molecule has 0 bridgehead atoms. The second-order valence-corrected chi connectivity index (χ2v) is 6.21. The summed E-state index contributed by atoms with van der Waals surface area (Å²) in [5, 5.41) is 3.57. The summed E-state index contributed by atoms with van der Waals surface area (Å²) in [6, 6.07) is 8.57. The summed E-state index contributed by atoms with van der Waals surface area (Å²) in [5.41, 5.74) is 1.42. The Balaban J connectivity index is 2.46. The third-order valence-electron chi connectivity index (χ3n) is 3.54. The van der Waals surface area contributed by atoms with Crippen molar-refractivity contribution in [1.82, 2.24) is 5.32 Å². The smallest absolute Gasteiger partial charge is 0.0462 e. The van der Waals surface area contributed by atoms with Gasteiger partial charge in [-0.25, -0.2) is 0 Å². The molecule has 0 spiro atoms. The topological polar surface area (TPSA) is 21.3 Å². The normalized spacial score (nSPS) is 12.6. The van der Waals surface area contributed by atoms with Crippen molar-refractivity contribution in [3.8, 4) is 0 Å². The van der Waals surface area contributed by atoms with Gasteiger partial charge in [0.2, 0.25) is 0 Å². The van der Waals surface area contributed by atoms with Crippen LogP contribution < -0.4 is 5.32 Å². The lowest BCUT2D eigenvalue weighted by Crippen LogP contribution is -2.25. The quantitative estimate of drug-likeness (QED) is 0.601. The Morgan fingerprint density at radius 2 is 2.05 bits per heavy atom. The minimum atomic E-state index is 0.706. The second kappa shape index (κ2) is 11.3. The van der Waals surface area contributed by atoms with Gasteiger partial charge in [0, 0.05) is 18.2 Å². The number of halogens is 1. The molecule has 0 radical (unpaired) electrons. The Morgan fingerprint density at radius 3 is 2.75 bits per heavy atom. The average Bonchev–Trinajstić information content (AvgIpc) is 2.46. The maximum absolute atomic E-state index is 5.14. The number of nitrogens with one attached hydrogen (secondary N) is 1. The Morgan fingerprint density at radius 1 is 1.25 bits per heavy atom. The third-order valence-corrected chi connectivity index (χ3v) is 4.31. The van der Waals surface area contributed by atoms with Gasteiger partial charge in [-0.1, -0.05) is 47.5 Å². The zero-order chi connectivity index (χ0) is 14.6. The molecule has 1 atom stereocenters. The fourth-order valence-corrected chi connectivity index (χ4v) is 2.86. The van der Waals surface area contributed by atoms with Gasteiger partial charge in [-0.3, -0.25) is 0 Å². The van der Waals surface area contributed by atoms with E-state index in [4.69, 9.17) is 4.74 Å². The maximum Gasteiger partial charge on any atom is 0.0462 e. The lowest BCUT2D eigenvalue weighted by Gasteiger charge is -2.18. The Hall–Kier alpha value is -0.380. The molecule has 20 heavy (non-hydrogen) atoms. The lowest BCUT2D eigenvalue weighted by atomic mass is 9.94. The lowest BCUT2D eigenvalue weighted by molar-refractivity contribution is 0.190. The summed E-state index contributed by atoms with van der Waals surface area (Å²) in [4.78, 5) is 0. The molecule has 0 saturated heterocycles. The van der Waals surface area contributed by atoms with Crippen LogP contribution in [0.5, 0.6) is 0 Å². The van der Waals surface area contributed by atoms with Crippen molar-refractivity contribution < 1.29 is 4.74 Å². The molecule has 3 heteroatoms. The van der Waals surface area contributed by atoms with E-state index in [0.717, 1.165) is 32.5 Å². The first-order valence-electron chi connectivity index (χ1n) is 7.71. The molecule has 0 aliphatic carbocycles. The Kier molecular flexibility index (Phi) is 9.98. The van der Waals surface area contributed by atoms with E-state index in [2.05, 4.69) is 52.4 Å². The minimum absolute atomic E-state index is 0.706. The molecule has 1 rings (SSSR count). The van der Waals surface area contributed by atoms with Gasteiger partial charge >= 0.3 is 0 Å². The molecule has 1 unspecified atom stereocenters. The molecule has 0 amide bonds. The molecular weight excluding hydrogens is 314 g/mol. The fourth-order valence-electron chi connectivity index (χ4n) is 2.41. The van der Waals surface area contributed by atoms with Crippen molar-refractivity contribution in [2.24, 2.45) is 5.92 Å². The molecule has 1 aromatic rings. The van der Waals surface area contributed by atoms with E-state index >= 15 is 0 Å². The zero-order valence-corrected chi connectivity index (χ0v) is 14.4. The van der Waals surface area contributed by atoms with Crippen molar-refractivity contribution in [3.05, 3.63) is 34.3 Å². The Bertz CT molecular complexity index is 357. The molecule has 114 valence electrons. The number of hydrogen-bond acceptors (Lipinski definition) is 2. The first-order chi connectivity index (χ1) is 9.77. The highest BCUT2D eigenvalue weighted by molar-refractivity contribution is 9.10. The largest absolute Gasteiger partial charge is 0.385 e. The summed E-state index contributed by atoms with van der Waals surface area (Å²) in [5.74, 6) is 0.706. The summed E-state index contributed by atoms with van der Waals surface area (Å²) in [6.45, 7) is 5.32. The highest BCUT2D eigenvalue weighted by Gasteiger charge is 2.11. The number of rotatable bonds is 11. The van der Waals surface area contributed by atoms with E-state index in [0.29, 0.717) is 5.92 Å². The molecule has 0 saturated carbocycles. The van der Waals surface area contributed by atoms with Crippen LogP contribution in [0, 0.1) is 5.92 Å². The molecule has 1 N–H and O–H groups in total. The van der Waals surface area contributed by atoms with Crippen LogP contribution in [-0.2, 0) is 11.2 Å². The molecule has 1 aromatic carbocycles. The zero-order valence-electron chi connectivity index (χ0n) is 12.8. The molecular formula is C17H28BrNO. The minimum Gasteiger partial charge on any atom is -0.385 e. The van der Waals surface area contributed by atoms with Crippen LogP contribution in [0.3, 0.4) is 0 Å².